The van der Waals surface area contributed by atoms with Gasteiger partial charge in [0.15, 0.2) is 0 Å². The summed E-state index contributed by atoms with van der Waals surface area (Å²) in [4.78, 5) is 7.04. The van der Waals surface area contributed by atoms with Gasteiger partial charge in [-0.2, -0.15) is 0 Å². The molecule has 1 aliphatic heterocycles. The number of rotatable bonds is 8. The minimum atomic E-state index is 0.236. The summed E-state index contributed by atoms with van der Waals surface area (Å²) < 4.78 is 8.54. The summed E-state index contributed by atoms with van der Waals surface area (Å²) in [5, 5.41) is 12.2. The number of likely N-dealkylation sites (tertiary alicyclic amines) is 1. The molecule has 3 fully saturated rings. The van der Waals surface area contributed by atoms with Gasteiger partial charge in [-0.15, -0.1) is 5.10 Å². The van der Waals surface area contributed by atoms with Crippen molar-refractivity contribution in [1.29, 1.82) is 0 Å². The Morgan fingerprint density at radius 2 is 2.00 bits per heavy atom. The molecule has 0 aromatic carbocycles. The summed E-state index contributed by atoms with van der Waals surface area (Å²) in [7, 11) is 2.03. The summed E-state index contributed by atoms with van der Waals surface area (Å²) in [5.41, 5.74) is 1.72. The highest BCUT2D eigenvalue weighted by atomic mass is 16.5. The van der Waals surface area contributed by atoms with E-state index in [1.807, 2.05) is 25.2 Å². The van der Waals surface area contributed by atoms with E-state index in [0.717, 1.165) is 61.7 Å². The van der Waals surface area contributed by atoms with Crippen molar-refractivity contribution in [2.75, 3.05) is 39.8 Å². The molecule has 3 heterocycles. The maximum Gasteiger partial charge on any atom is 0.131 e. The van der Waals surface area contributed by atoms with E-state index >= 15 is 0 Å². The second kappa shape index (κ2) is 8.50. The molecule has 2 saturated carbocycles. The molecule has 2 aromatic rings. The standard InChI is InChI=1S/C22H32N6O/c1-23-8-9-27-12-17-10-21(22(11-18(17)13-27)29-15-16-5-6-16)28-14-20(25-26-28)19-4-2-3-7-24-19/h2-4,7,14,16-18,21-23H,5-6,8-13,15H2,1H3/t17-,18+,21-,22-/m1/s1. The van der Waals surface area contributed by atoms with Crippen LogP contribution in [0, 0.1) is 17.8 Å². The van der Waals surface area contributed by atoms with Crippen LogP contribution in [0.25, 0.3) is 11.4 Å². The molecule has 7 heteroatoms. The molecular formula is C22H32N6O. The Morgan fingerprint density at radius 3 is 2.76 bits per heavy atom. The van der Waals surface area contributed by atoms with Gasteiger partial charge in [0.25, 0.3) is 0 Å². The molecule has 2 aliphatic carbocycles. The average molecular weight is 397 g/mol. The molecule has 29 heavy (non-hydrogen) atoms. The topological polar surface area (TPSA) is 68.1 Å². The van der Waals surface area contributed by atoms with Crippen molar-refractivity contribution in [2.45, 2.75) is 37.8 Å². The number of nitrogens with zero attached hydrogens (tertiary/aromatic N) is 5. The van der Waals surface area contributed by atoms with E-state index in [1.165, 1.54) is 25.9 Å². The van der Waals surface area contributed by atoms with Crippen LogP contribution in [0.15, 0.2) is 30.6 Å². The lowest BCUT2D eigenvalue weighted by Crippen LogP contribution is -2.38. The molecule has 5 rings (SSSR count). The van der Waals surface area contributed by atoms with Gasteiger partial charge in [-0.05, 0) is 62.6 Å². The predicted molar refractivity (Wildman–Crippen MR) is 111 cm³/mol. The van der Waals surface area contributed by atoms with Gasteiger partial charge in [-0.25, -0.2) is 4.68 Å². The number of likely N-dealkylation sites (N-methyl/N-ethyl adjacent to an activating group) is 1. The molecule has 0 bridgehead atoms. The monoisotopic (exact) mass is 396 g/mol. The highest BCUT2D eigenvalue weighted by Crippen LogP contribution is 2.43. The molecule has 1 N–H and O–H groups in total. The number of pyridine rings is 1. The molecule has 0 amide bonds. The van der Waals surface area contributed by atoms with Crippen LogP contribution in [0.5, 0.6) is 0 Å². The summed E-state index contributed by atoms with van der Waals surface area (Å²) in [6.07, 6.45) is 9.02. The van der Waals surface area contributed by atoms with Crippen LogP contribution >= 0.6 is 0 Å². The van der Waals surface area contributed by atoms with Crippen molar-refractivity contribution in [2.24, 2.45) is 17.8 Å². The SMILES string of the molecule is CNCCN1C[C@H]2C[C@@H](n3cc(-c4ccccn4)nn3)[C@H](OCC3CC3)C[C@H]2C1. The summed E-state index contributed by atoms with van der Waals surface area (Å²) >= 11 is 0. The molecule has 3 aliphatic rings. The number of ether oxygens (including phenoxy) is 1. The maximum absolute atomic E-state index is 6.48. The van der Waals surface area contributed by atoms with Gasteiger partial charge < -0.3 is 15.0 Å². The first-order chi connectivity index (χ1) is 14.3. The molecule has 0 spiro atoms. The molecule has 7 nitrogen and oxygen atoms in total. The lowest BCUT2D eigenvalue weighted by molar-refractivity contribution is -0.0375. The minimum absolute atomic E-state index is 0.236. The van der Waals surface area contributed by atoms with Crippen LogP contribution in [0.2, 0.25) is 0 Å². The van der Waals surface area contributed by atoms with Crippen molar-refractivity contribution in [1.82, 2.24) is 30.2 Å². The fourth-order valence-corrected chi connectivity index (χ4v) is 5.01. The van der Waals surface area contributed by atoms with Crippen LogP contribution in [0.1, 0.15) is 31.7 Å². The van der Waals surface area contributed by atoms with Crippen LogP contribution in [-0.2, 0) is 4.74 Å². The largest absolute Gasteiger partial charge is 0.376 e. The Kier molecular flexibility index (Phi) is 5.61. The second-order valence-electron chi connectivity index (χ2n) is 9.04. The van der Waals surface area contributed by atoms with E-state index in [9.17, 15) is 0 Å². The Hall–Kier alpha value is -1.83. The van der Waals surface area contributed by atoms with Crippen LogP contribution < -0.4 is 5.32 Å². The van der Waals surface area contributed by atoms with Gasteiger partial charge in [0.1, 0.15) is 5.69 Å². The van der Waals surface area contributed by atoms with Crippen molar-refractivity contribution in [3.05, 3.63) is 30.6 Å². The lowest BCUT2D eigenvalue weighted by Gasteiger charge is -2.37. The highest BCUT2D eigenvalue weighted by molar-refractivity contribution is 5.51. The Labute approximate surface area is 172 Å². The normalized spacial score (nSPS) is 29.8. The number of nitrogens with one attached hydrogen (secondary N) is 1. The van der Waals surface area contributed by atoms with E-state index in [4.69, 9.17) is 4.74 Å². The van der Waals surface area contributed by atoms with Gasteiger partial charge in [0.2, 0.25) is 0 Å². The van der Waals surface area contributed by atoms with E-state index < -0.39 is 0 Å². The Bertz CT molecular complexity index is 792. The van der Waals surface area contributed by atoms with Gasteiger partial charge in [0, 0.05) is 39.0 Å². The minimum Gasteiger partial charge on any atom is -0.376 e. The fourth-order valence-electron chi connectivity index (χ4n) is 5.01. The van der Waals surface area contributed by atoms with Crippen molar-refractivity contribution in [3.8, 4) is 11.4 Å². The number of hydrogen-bond acceptors (Lipinski definition) is 6. The third-order valence-corrected chi connectivity index (χ3v) is 6.86. The molecule has 0 radical (unpaired) electrons. The van der Waals surface area contributed by atoms with Crippen molar-refractivity contribution < 1.29 is 4.74 Å². The predicted octanol–water partition coefficient (Wildman–Crippen LogP) is 2.24. The van der Waals surface area contributed by atoms with E-state index in [1.54, 1.807) is 6.20 Å². The summed E-state index contributed by atoms with van der Waals surface area (Å²) in [6, 6.07) is 6.18. The molecule has 4 atom stereocenters. The fraction of sp³-hybridized carbons (Fsp3) is 0.682. The summed E-state index contributed by atoms with van der Waals surface area (Å²) in [5.74, 6) is 2.25. The van der Waals surface area contributed by atoms with Gasteiger partial charge in [-0.3, -0.25) is 4.98 Å². The molecule has 0 unspecified atom stereocenters. The second-order valence-corrected chi connectivity index (χ2v) is 9.04. The zero-order valence-corrected chi connectivity index (χ0v) is 17.3. The van der Waals surface area contributed by atoms with Crippen molar-refractivity contribution in [3.63, 3.8) is 0 Å². The Balaban J connectivity index is 1.32. The van der Waals surface area contributed by atoms with Crippen molar-refractivity contribution >= 4 is 0 Å². The molecule has 156 valence electrons. The molecule has 2 aromatic heterocycles. The zero-order chi connectivity index (χ0) is 19.6. The molecule has 1 saturated heterocycles. The Morgan fingerprint density at radius 1 is 1.14 bits per heavy atom. The first-order valence-electron chi connectivity index (χ1n) is 11.1. The number of hydrogen-bond donors (Lipinski definition) is 1. The van der Waals surface area contributed by atoms with Gasteiger partial charge in [0.05, 0.1) is 24.0 Å². The van der Waals surface area contributed by atoms with Gasteiger partial charge in [-0.1, -0.05) is 11.3 Å². The third-order valence-electron chi connectivity index (χ3n) is 6.86. The van der Waals surface area contributed by atoms with E-state index in [0.29, 0.717) is 0 Å². The van der Waals surface area contributed by atoms with E-state index in [-0.39, 0.29) is 12.1 Å². The smallest absolute Gasteiger partial charge is 0.131 e. The van der Waals surface area contributed by atoms with Crippen LogP contribution in [0.4, 0.5) is 0 Å². The maximum atomic E-state index is 6.48. The first kappa shape index (κ1) is 19.2. The quantitative estimate of drug-likeness (QED) is 0.738. The van der Waals surface area contributed by atoms with Gasteiger partial charge >= 0.3 is 0 Å². The van der Waals surface area contributed by atoms with Crippen LogP contribution in [-0.4, -0.2) is 70.8 Å². The highest BCUT2D eigenvalue weighted by Gasteiger charge is 2.44. The number of fused-ring (bicyclic) bond motifs is 1. The average Bonchev–Trinajstić information content (AvgIpc) is 3.30. The number of aromatic nitrogens is 4. The molecular weight excluding hydrogens is 364 g/mol. The van der Waals surface area contributed by atoms with E-state index in [2.05, 4.69) is 36.4 Å². The van der Waals surface area contributed by atoms with Crippen LogP contribution in [0.3, 0.4) is 0 Å². The third kappa shape index (κ3) is 4.37. The first-order valence-corrected chi connectivity index (χ1v) is 11.1. The summed E-state index contributed by atoms with van der Waals surface area (Å²) in [6.45, 7) is 5.50. The zero-order valence-electron chi connectivity index (χ0n) is 17.3. The lowest BCUT2D eigenvalue weighted by atomic mass is 9.77.